The maximum absolute atomic E-state index is 10.6. The van der Waals surface area contributed by atoms with Gasteiger partial charge in [-0.05, 0) is 43.4 Å². The van der Waals surface area contributed by atoms with Gasteiger partial charge in [0.2, 0.25) is 0 Å². The first-order chi connectivity index (χ1) is 7.43. The van der Waals surface area contributed by atoms with Crippen molar-refractivity contribution in [1.29, 1.82) is 0 Å². The molecule has 0 unspecified atom stereocenters. The van der Waals surface area contributed by atoms with E-state index in [4.69, 9.17) is 0 Å². The lowest BCUT2D eigenvalue weighted by atomic mass is 9.70. The summed E-state index contributed by atoms with van der Waals surface area (Å²) >= 11 is 0. The lowest BCUT2D eigenvalue weighted by Crippen LogP contribution is -2.39. The number of rotatable bonds is 1. The van der Waals surface area contributed by atoms with E-state index in [0.29, 0.717) is 17.8 Å². The minimum absolute atomic E-state index is 0.386. The Labute approximate surface area is 99.9 Å². The Morgan fingerprint density at radius 2 is 2.00 bits per heavy atom. The van der Waals surface area contributed by atoms with Crippen molar-refractivity contribution < 1.29 is 5.11 Å². The summed E-state index contributed by atoms with van der Waals surface area (Å²) in [4.78, 5) is 0. The van der Waals surface area contributed by atoms with E-state index < -0.39 is 5.60 Å². The Bertz CT molecular complexity index is 277. The van der Waals surface area contributed by atoms with E-state index in [1.54, 1.807) is 0 Å². The van der Waals surface area contributed by atoms with Crippen molar-refractivity contribution in [3.63, 3.8) is 0 Å². The highest BCUT2D eigenvalue weighted by atomic mass is 16.3. The van der Waals surface area contributed by atoms with Gasteiger partial charge in [0.15, 0.2) is 0 Å². The molecule has 0 aliphatic heterocycles. The second-order valence-electron chi connectivity index (χ2n) is 6.50. The second-order valence-corrected chi connectivity index (χ2v) is 6.50. The van der Waals surface area contributed by atoms with Crippen LogP contribution in [-0.4, -0.2) is 10.7 Å². The van der Waals surface area contributed by atoms with Gasteiger partial charge in [-0.25, -0.2) is 0 Å². The Kier molecular flexibility index (Phi) is 3.18. The van der Waals surface area contributed by atoms with Crippen molar-refractivity contribution in [1.82, 2.24) is 0 Å². The van der Waals surface area contributed by atoms with Gasteiger partial charge in [-0.1, -0.05) is 39.3 Å². The van der Waals surface area contributed by atoms with E-state index in [1.807, 2.05) is 6.92 Å². The molecule has 0 bridgehead atoms. The number of allylic oxidation sites excluding steroid dienone is 1. The number of hydrogen-bond donors (Lipinski definition) is 1. The van der Waals surface area contributed by atoms with Gasteiger partial charge in [0.05, 0.1) is 5.60 Å². The van der Waals surface area contributed by atoms with Crippen LogP contribution in [0.3, 0.4) is 0 Å². The summed E-state index contributed by atoms with van der Waals surface area (Å²) in [5, 5.41) is 10.6. The van der Waals surface area contributed by atoms with Gasteiger partial charge in [-0.15, -0.1) is 0 Å². The van der Waals surface area contributed by atoms with Crippen LogP contribution < -0.4 is 0 Å². The van der Waals surface area contributed by atoms with Gasteiger partial charge in [0, 0.05) is 5.92 Å². The van der Waals surface area contributed by atoms with Crippen molar-refractivity contribution in [2.24, 2.45) is 29.6 Å². The smallest absolute Gasteiger partial charge is 0.0685 e. The molecule has 2 aliphatic carbocycles. The van der Waals surface area contributed by atoms with Crippen LogP contribution in [0.5, 0.6) is 0 Å². The van der Waals surface area contributed by atoms with Crippen LogP contribution in [-0.2, 0) is 0 Å². The van der Waals surface area contributed by atoms with Gasteiger partial charge < -0.3 is 5.11 Å². The molecule has 0 aromatic rings. The highest BCUT2D eigenvalue weighted by Crippen LogP contribution is 2.49. The molecule has 92 valence electrons. The predicted molar refractivity (Wildman–Crippen MR) is 68.1 cm³/mol. The lowest BCUT2D eigenvalue weighted by molar-refractivity contribution is -0.0161. The highest BCUT2D eigenvalue weighted by molar-refractivity contribution is 5.13. The Hall–Kier alpha value is -0.300. The SMILES string of the molecule is CC(C)[C@H]1CCC[C@@](C)(O)[C@H]2C=C[C@H](C)[C@@H]12. The van der Waals surface area contributed by atoms with Crippen molar-refractivity contribution in [2.75, 3.05) is 0 Å². The van der Waals surface area contributed by atoms with Crippen LogP contribution >= 0.6 is 0 Å². The molecule has 0 saturated heterocycles. The molecule has 2 aliphatic rings. The molecular weight excluding hydrogens is 196 g/mol. The fourth-order valence-corrected chi connectivity index (χ4v) is 3.99. The molecule has 0 heterocycles. The zero-order chi connectivity index (χ0) is 11.9. The normalized spacial score (nSPS) is 48.1. The summed E-state index contributed by atoms with van der Waals surface area (Å²) in [5.41, 5.74) is -0.477. The zero-order valence-corrected chi connectivity index (χ0v) is 11.1. The fraction of sp³-hybridized carbons (Fsp3) is 0.867. The van der Waals surface area contributed by atoms with Crippen LogP contribution in [0.15, 0.2) is 12.2 Å². The van der Waals surface area contributed by atoms with E-state index in [-0.39, 0.29) is 0 Å². The third-order valence-corrected chi connectivity index (χ3v) is 4.93. The molecule has 0 spiro atoms. The fourth-order valence-electron chi connectivity index (χ4n) is 3.99. The van der Waals surface area contributed by atoms with Crippen LogP contribution in [0.25, 0.3) is 0 Å². The van der Waals surface area contributed by atoms with Crippen molar-refractivity contribution in [3.8, 4) is 0 Å². The molecule has 0 radical (unpaired) electrons. The minimum Gasteiger partial charge on any atom is -0.390 e. The minimum atomic E-state index is -0.477. The number of hydrogen-bond acceptors (Lipinski definition) is 1. The molecule has 0 aromatic heterocycles. The van der Waals surface area contributed by atoms with Gasteiger partial charge in [0.25, 0.3) is 0 Å². The Morgan fingerprint density at radius 3 is 2.62 bits per heavy atom. The van der Waals surface area contributed by atoms with E-state index in [0.717, 1.165) is 18.3 Å². The summed E-state index contributed by atoms with van der Waals surface area (Å²) in [6, 6.07) is 0. The molecule has 5 atom stereocenters. The molecule has 1 heteroatoms. The molecule has 1 saturated carbocycles. The molecule has 0 amide bonds. The van der Waals surface area contributed by atoms with E-state index in [1.165, 1.54) is 12.8 Å². The molecule has 0 aromatic carbocycles. The van der Waals surface area contributed by atoms with E-state index in [2.05, 4.69) is 32.9 Å². The van der Waals surface area contributed by atoms with Crippen LogP contribution in [0.4, 0.5) is 0 Å². The van der Waals surface area contributed by atoms with E-state index >= 15 is 0 Å². The standard InChI is InChI=1S/C15H26O/c1-10(2)12-6-5-9-15(4,16)13-8-7-11(3)14(12)13/h7-8,10-14,16H,5-6,9H2,1-4H3/t11-,12+,13-,14-,15+/m0/s1. The van der Waals surface area contributed by atoms with Crippen molar-refractivity contribution in [3.05, 3.63) is 12.2 Å². The third kappa shape index (κ3) is 1.95. The number of fused-ring (bicyclic) bond motifs is 1. The topological polar surface area (TPSA) is 20.2 Å². The first-order valence-electron chi connectivity index (χ1n) is 6.84. The van der Waals surface area contributed by atoms with Crippen LogP contribution in [0.2, 0.25) is 0 Å². The predicted octanol–water partition coefficient (Wildman–Crippen LogP) is 3.63. The molecule has 16 heavy (non-hydrogen) atoms. The monoisotopic (exact) mass is 222 g/mol. The molecular formula is C15H26O. The van der Waals surface area contributed by atoms with Crippen LogP contribution in [0.1, 0.15) is 47.0 Å². The first kappa shape index (κ1) is 12.2. The summed E-state index contributed by atoms with van der Waals surface area (Å²) in [5.74, 6) is 3.21. The average Bonchev–Trinajstić information content (AvgIpc) is 2.48. The maximum Gasteiger partial charge on any atom is 0.0685 e. The Balaban J connectivity index is 2.29. The summed E-state index contributed by atoms with van der Waals surface area (Å²) in [6.45, 7) is 9.04. The highest BCUT2D eigenvalue weighted by Gasteiger charge is 2.46. The molecule has 1 fully saturated rings. The Morgan fingerprint density at radius 1 is 1.31 bits per heavy atom. The van der Waals surface area contributed by atoms with Crippen molar-refractivity contribution in [2.45, 2.75) is 52.6 Å². The summed E-state index contributed by atoms with van der Waals surface area (Å²) < 4.78 is 0. The van der Waals surface area contributed by atoms with Crippen LogP contribution in [0, 0.1) is 29.6 Å². The average molecular weight is 222 g/mol. The van der Waals surface area contributed by atoms with Gasteiger partial charge in [-0.3, -0.25) is 0 Å². The van der Waals surface area contributed by atoms with Gasteiger partial charge >= 0.3 is 0 Å². The molecule has 2 rings (SSSR count). The first-order valence-corrected chi connectivity index (χ1v) is 6.84. The largest absolute Gasteiger partial charge is 0.390 e. The lowest BCUT2D eigenvalue weighted by Gasteiger charge is -2.37. The van der Waals surface area contributed by atoms with Gasteiger partial charge in [0.1, 0.15) is 0 Å². The molecule has 1 N–H and O–H groups in total. The molecule has 1 nitrogen and oxygen atoms in total. The van der Waals surface area contributed by atoms with Gasteiger partial charge in [-0.2, -0.15) is 0 Å². The summed E-state index contributed by atoms with van der Waals surface area (Å²) in [6.07, 6.45) is 8.05. The second kappa shape index (κ2) is 4.18. The number of aliphatic hydroxyl groups is 1. The van der Waals surface area contributed by atoms with E-state index in [9.17, 15) is 5.11 Å². The quantitative estimate of drug-likeness (QED) is 0.672. The van der Waals surface area contributed by atoms with Crippen molar-refractivity contribution >= 4 is 0 Å². The third-order valence-electron chi connectivity index (χ3n) is 4.93. The summed E-state index contributed by atoms with van der Waals surface area (Å²) in [7, 11) is 0. The maximum atomic E-state index is 10.6. The zero-order valence-electron chi connectivity index (χ0n) is 11.1.